The van der Waals surface area contributed by atoms with Gasteiger partial charge in [0.2, 0.25) is 0 Å². The fraction of sp³-hybridized carbons (Fsp3) is 0.0566. The summed E-state index contributed by atoms with van der Waals surface area (Å²) < 4.78 is 12.4. The first-order chi connectivity index (χ1) is 56.5. The highest BCUT2D eigenvalue weighted by Crippen LogP contribution is 2.55. The lowest BCUT2D eigenvalue weighted by atomic mass is 9.82. The van der Waals surface area contributed by atoms with Crippen LogP contribution in [-0.2, 0) is 10.8 Å². The van der Waals surface area contributed by atoms with Gasteiger partial charge < -0.3 is 9.13 Å². The number of hydrogen-bond donors (Lipinski definition) is 0. The molecule has 0 unspecified atom stereocenters. The van der Waals surface area contributed by atoms with Gasteiger partial charge in [0, 0.05) is 123 Å². The van der Waals surface area contributed by atoms with Crippen LogP contribution in [0.25, 0.3) is 202 Å². The second-order valence-electron chi connectivity index (χ2n) is 31.6. The van der Waals surface area contributed by atoms with E-state index >= 15 is 0 Å². The van der Waals surface area contributed by atoms with E-state index in [1.807, 2.05) is 59.1 Å². The van der Waals surface area contributed by atoms with E-state index < -0.39 is 0 Å². The highest BCUT2D eigenvalue weighted by molar-refractivity contribution is 7.26. The predicted molar refractivity (Wildman–Crippen MR) is 483 cm³/mol. The molecule has 115 heavy (non-hydrogen) atoms. The van der Waals surface area contributed by atoms with Crippen molar-refractivity contribution in [1.82, 2.24) is 33.6 Å². The Kier molecular flexibility index (Phi) is 15.0. The third-order valence-electron chi connectivity index (χ3n) is 24.3. The summed E-state index contributed by atoms with van der Waals surface area (Å²) in [5.74, 6) is 2.88. The first-order valence-corrected chi connectivity index (χ1v) is 41.0. The van der Waals surface area contributed by atoms with Gasteiger partial charge in [-0.05, 0) is 165 Å². The van der Waals surface area contributed by atoms with Gasteiger partial charge in [0.15, 0.2) is 17.5 Å². The number of aromatic nitrogens is 7. The summed E-state index contributed by atoms with van der Waals surface area (Å²) >= 11 is 3.74. The van der Waals surface area contributed by atoms with Crippen LogP contribution >= 0.6 is 22.7 Å². The lowest BCUT2D eigenvalue weighted by Gasteiger charge is -2.21. The molecule has 0 N–H and O–H groups in total. The number of imidazole rings is 1. The molecule has 24 rings (SSSR count). The molecule has 22 aromatic rings. The largest absolute Gasteiger partial charge is 0.309 e. The van der Waals surface area contributed by atoms with Gasteiger partial charge in [-0.1, -0.05) is 276 Å². The highest BCUT2D eigenvalue weighted by atomic mass is 32.1. The Labute approximate surface area is 672 Å². The van der Waals surface area contributed by atoms with Crippen LogP contribution in [0, 0.1) is 0 Å². The van der Waals surface area contributed by atoms with Crippen LogP contribution < -0.4 is 0 Å². The van der Waals surface area contributed by atoms with E-state index in [0.29, 0.717) is 17.5 Å². The van der Waals surface area contributed by atoms with E-state index in [1.54, 1.807) is 0 Å². The second kappa shape index (κ2) is 25.8. The molecule has 0 fully saturated rings. The zero-order valence-corrected chi connectivity index (χ0v) is 65.1. The normalized spacial score (nSPS) is 13.2. The Morgan fingerprint density at radius 2 is 0.617 bits per heavy atom. The van der Waals surface area contributed by atoms with Crippen LogP contribution in [0.15, 0.2) is 358 Å². The quantitative estimate of drug-likeness (QED) is 0.144. The summed E-state index contributed by atoms with van der Waals surface area (Å²) in [6.45, 7) is 9.47. The van der Waals surface area contributed by atoms with E-state index in [2.05, 4.69) is 363 Å². The Hall–Kier alpha value is -14.0. The smallest absolute Gasteiger partial charge is 0.164 e. The van der Waals surface area contributed by atoms with Gasteiger partial charge >= 0.3 is 0 Å². The van der Waals surface area contributed by atoms with E-state index in [0.717, 1.165) is 61.7 Å². The van der Waals surface area contributed by atoms with Crippen LogP contribution in [-0.4, -0.2) is 33.6 Å². The molecule has 2 aliphatic carbocycles. The number of thiophene rings is 2. The maximum Gasteiger partial charge on any atom is 0.164 e. The average Bonchev–Trinajstić information content (AvgIpc) is 1.55. The van der Waals surface area contributed by atoms with Crippen molar-refractivity contribution in [2.75, 3.05) is 0 Å². The number of para-hydroxylation sites is 5. The van der Waals surface area contributed by atoms with Crippen molar-refractivity contribution in [2.24, 2.45) is 0 Å². The number of benzene rings is 16. The molecule has 7 nitrogen and oxygen atoms in total. The Bertz CT molecular complexity index is 7730. The van der Waals surface area contributed by atoms with Crippen molar-refractivity contribution in [3.63, 3.8) is 0 Å². The van der Waals surface area contributed by atoms with Crippen molar-refractivity contribution in [3.05, 3.63) is 380 Å². The zero-order valence-electron chi connectivity index (χ0n) is 63.5. The molecule has 0 spiro atoms. The summed E-state index contributed by atoms with van der Waals surface area (Å²) in [5.41, 5.74) is 29.6. The number of fused-ring (bicyclic) bond motifs is 19. The Morgan fingerprint density at radius 3 is 1.13 bits per heavy atom. The van der Waals surface area contributed by atoms with Crippen LogP contribution in [0.3, 0.4) is 0 Å². The fourth-order valence-electron chi connectivity index (χ4n) is 18.8. The standard InChI is InChI=1S/C54H36N4S.C52H35N3S/c1-54(2)45-25-12-9-22-38(45)42-31-43-39-23-10-13-26-47(39)58(48(43)32-46(42)54)37-29-41(50-44(30-37)40-24-11-14-27-49(40)59-50)35-20-15-21-36(28-35)53-56-51(33-16-5-3-6-17-33)55-52(57-53)34-18-7-4-8-19-34;1-52(2)43-22-9-6-19-36(43)40-30-41-37-20-7-11-24-46(37)54(48(41)31-44(40)52)35-28-39(50-42(29-35)38-21-8-13-26-49(38)56-50)32-15-14-16-33(27-32)51-53-45-23-10-12-25-47(45)55(51)34-17-4-3-5-18-34/h3-32H,1-2H3;3-31H,1-2H3. The van der Waals surface area contributed by atoms with E-state index in [4.69, 9.17) is 19.9 Å². The van der Waals surface area contributed by atoms with E-state index in [1.165, 1.54) is 145 Å². The van der Waals surface area contributed by atoms with Crippen molar-refractivity contribution in [2.45, 2.75) is 38.5 Å². The van der Waals surface area contributed by atoms with Gasteiger partial charge in [0.1, 0.15) is 5.82 Å². The van der Waals surface area contributed by atoms with Crippen molar-refractivity contribution < 1.29 is 0 Å². The Balaban J connectivity index is 0.000000136. The molecule has 0 radical (unpaired) electrons. The molecule has 0 saturated carbocycles. The average molecular weight is 1510 g/mol. The molecule has 542 valence electrons. The van der Waals surface area contributed by atoms with Crippen LogP contribution in [0.4, 0.5) is 0 Å². The molecule has 9 heteroatoms. The summed E-state index contributed by atoms with van der Waals surface area (Å²) in [6.07, 6.45) is 0. The lowest BCUT2D eigenvalue weighted by molar-refractivity contribution is 0.661. The minimum absolute atomic E-state index is 0.100. The van der Waals surface area contributed by atoms with Gasteiger partial charge in [-0.15, -0.1) is 22.7 Å². The van der Waals surface area contributed by atoms with E-state index in [-0.39, 0.29) is 10.8 Å². The summed E-state index contributed by atoms with van der Waals surface area (Å²) in [5, 5.41) is 10.2. The minimum Gasteiger partial charge on any atom is -0.309 e. The van der Waals surface area contributed by atoms with Gasteiger partial charge in [-0.2, -0.15) is 0 Å². The molecule has 0 bridgehead atoms. The number of nitrogens with zero attached hydrogens (tertiary/aromatic N) is 7. The van der Waals surface area contributed by atoms with Crippen LogP contribution in [0.2, 0.25) is 0 Å². The SMILES string of the molecule is CC1(C)c2ccccc2-c2cc3c4ccccc4n(-c4cc(-c5cccc(-c6nc(-c7ccccc7)nc(-c7ccccc7)n6)c5)c5sc6ccccc6c5c4)c3cc21.CC1(C)c2ccccc2-c2cc3c4ccccc4n(-c4cc(-c5cccc(-c6nc7ccccc7n6-c6ccccc6)c5)c5sc6ccccc6c5c4)c3cc21. The van der Waals surface area contributed by atoms with Gasteiger partial charge in [-0.25, -0.2) is 19.9 Å². The van der Waals surface area contributed by atoms with E-state index in [9.17, 15) is 0 Å². The fourth-order valence-corrected chi connectivity index (χ4v) is 21.3. The topological polar surface area (TPSA) is 66.3 Å². The van der Waals surface area contributed by atoms with Crippen molar-refractivity contribution in [3.8, 4) is 107 Å². The second-order valence-corrected chi connectivity index (χ2v) is 33.7. The van der Waals surface area contributed by atoms with Crippen LogP contribution in [0.1, 0.15) is 49.9 Å². The molecule has 0 atom stereocenters. The molecular formula is C106H71N7S2. The highest BCUT2D eigenvalue weighted by Gasteiger charge is 2.38. The van der Waals surface area contributed by atoms with Crippen molar-refractivity contribution in [1.29, 1.82) is 0 Å². The van der Waals surface area contributed by atoms with Gasteiger partial charge in [0.25, 0.3) is 0 Å². The Morgan fingerprint density at radius 1 is 0.226 bits per heavy atom. The van der Waals surface area contributed by atoms with Gasteiger partial charge in [-0.3, -0.25) is 4.57 Å². The first-order valence-electron chi connectivity index (χ1n) is 39.4. The van der Waals surface area contributed by atoms with Crippen molar-refractivity contribution >= 4 is 118 Å². The van der Waals surface area contributed by atoms with Gasteiger partial charge in [0.05, 0.1) is 33.1 Å². The number of rotatable bonds is 9. The molecule has 0 saturated heterocycles. The summed E-state index contributed by atoms with van der Waals surface area (Å²) in [4.78, 5) is 20.4. The number of hydrogen-bond acceptors (Lipinski definition) is 6. The molecule has 6 heterocycles. The molecule has 6 aromatic heterocycles. The molecular weight excluding hydrogens is 1440 g/mol. The molecule has 0 amide bonds. The third kappa shape index (κ3) is 10.5. The molecule has 16 aromatic carbocycles. The first kappa shape index (κ1) is 66.8. The summed E-state index contributed by atoms with van der Waals surface area (Å²) in [7, 11) is 0. The minimum atomic E-state index is -0.115. The zero-order chi connectivity index (χ0) is 76.4. The lowest BCUT2D eigenvalue weighted by Crippen LogP contribution is -2.15. The van der Waals surface area contributed by atoms with Crippen LogP contribution in [0.5, 0.6) is 0 Å². The monoisotopic (exact) mass is 1510 g/mol. The predicted octanol–water partition coefficient (Wildman–Crippen LogP) is 28.4. The maximum atomic E-state index is 5.23. The molecule has 0 aliphatic heterocycles. The molecule has 2 aliphatic rings. The maximum absolute atomic E-state index is 5.23. The third-order valence-corrected chi connectivity index (χ3v) is 26.8. The summed E-state index contributed by atoms with van der Waals surface area (Å²) in [6, 6.07) is 130.